The van der Waals surface area contributed by atoms with Crippen molar-refractivity contribution in [3.8, 4) is 0 Å². The van der Waals surface area contributed by atoms with E-state index in [0.717, 1.165) is 5.56 Å². The van der Waals surface area contributed by atoms with E-state index < -0.39 is 6.09 Å². The maximum Gasteiger partial charge on any atom is 0.421 e. The van der Waals surface area contributed by atoms with Crippen LogP contribution in [0.3, 0.4) is 0 Å². The highest BCUT2D eigenvalue weighted by Gasteiger charge is 2.07. The molecule has 0 fully saturated rings. The van der Waals surface area contributed by atoms with Gasteiger partial charge in [-0.05, 0) is 12.0 Å². The Morgan fingerprint density at radius 1 is 1.44 bits per heavy atom. The summed E-state index contributed by atoms with van der Waals surface area (Å²) in [5.74, 6) is 0. The Balaban J connectivity index is 2.26. The number of amides is 1. The van der Waals surface area contributed by atoms with Crippen LogP contribution in [0.5, 0.6) is 0 Å². The van der Waals surface area contributed by atoms with Crippen LogP contribution < -0.4 is 16.6 Å². The van der Waals surface area contributed by atoms with Crippen LogP contribution in [-0.2, 0) is 11.2 Å². The molecule has 0 unspecified atom stereocenters. The van der Waals surface area contributed by atoms with Gasteiger partial charge in [0.25, 0.3) is 0 Å². The second-order valence-corrected chi connectivity index (χ2v) is 3.42. The summed E-state index contributed by atoms with van der Waals surface area (Å²) in [6.45, 7) is 0.197. The zero-order chi connectivity index (χ0) is 11.8. The van der Waals surface area contributed by atoms with Crippen molar-refractivity contribution in [3.05, 3.63) is 35.9 Å². The number of carbonyl (C=O) groups excluding carboxylic acids is 1. The van der Waals surface area contributed by atoms with E-state index in [4.69, 9.17) is 10.5 Å². The van der Waals surface area contributed by atoms with Gasteiger partial charge in [0.1, 0.15) is 6.61 Å². The quantitative estimate of drug-likeness (QED) is 0.632. The van der Waals surface area contributed by atoms with E-state index in [9.17, 15) is 4.79 Å². The molecule has 0 saturated heterocycles. The molecule has 1 aromatic carbocycles. The minimum absolute atomic E-state index is 0.190. The van der Waals surface area contributed by atoms with Crippen LogP contribution in [0.4, 0.5) is 4.79 Å². The van der Waals surface area contributed by atoms with Crippen molar-refractivity contribution < 1.29 is 9.53 Å². The number of rotatable bonds is 5. The van der Waals surface area contributed by atoms with Crippen molar-refractivity contribution in [2.45, 2.75) is 12.5 Å². The Hall–Kier alpha value is -1.59. The first-order valence-electron chi connectivity index (χ1n) is 5.11. The summed E-state index contributed by atoms with van der Waals surface area (Å²) in [4.78, 5) is 10.9. The van der Waals surface area contributed by atoms with E-state index in [1.54, 1.807) is 7.05 Å². The molecule has 0 aliphatic carbocycles. The SMILES string of the molecule is CNNC(=O)OC[C@H](N)Cc1ccccc1. The molecule has 0 heterocycles. The van der Waals surface area contributed by atoms with E-state index in [2.05, 4.69) is 10.9 Å². The van der Waals surface area contributed by atoms with Crippen molar-refractivity contribution in [3.63, 3.8) is 0 Å². The third kappa shape index (κ3) is 4.77. The molecule has 1 atom stereocenters. The fourth-order valence-electron chi connectivity index (χ4n) is 1.30. The van der Waals surface area contributed by atoms with Crippen LogP contribution in [0.25, 0.3) is 0 Å². The number of carbonyl (C=O) groups is 1. The molecule has 0 aliphatic heterocycles. The van der Waals surface area contributed by atoms with Gasteiger partial charge in [-0.1, -0.05) is 30.3 Å². The molecule has 0 bridgehead atoms. The highest BCUT2D eigenvalue weighted by atomic mass is 16.6. The maximum atomic E-state index is 10.9. The lowest BCUT2D eigenvalue weighted by Crippen LogP contribution is -2.38. The Morgan fingerprint density at radius 2 is 2.12 bits per heavy atom. The summed E-state index contributed by atoms with van der Waals surface area (Å²) >= 11 is 0. The molecule has 0 aromatic heterocycles. The Kier molecular flexibility index (Phi) is 5.31. The summed E-state index contributed by atoms with van der Waals surface area (Å²) in [5.41, 5.74) is 11.7. The predicted octanol–water partition coefficient (Wildman–Crippen LogP) is 0.417. The normalized spacial score (nSPS) is 11.9. The zero-order valence-electron chi connectivity index (χ0n) is 9.27. The third-order valence-electron chi connectivity index (χ3n) is 2.00. The zero-order valence-corrected chi connectivity index (χ0v) is 9.27. The predicted molar refractivity (Wildman–Crippen MR) is 61.7 cm³/mol. The molecule has 5 nitrogen and oxygen atoms in total. The Bertz CT molecular complexity index is 316. The molecule has 0 spiro atoms. The number of hydrazine groups is 1. The van der Waals surface area contributed by atoms with Gasteiger partial charge in [-0.2, -0.15) is 0 Å². The minimum atomic E-state index is -0.522. The van der Waals surface area contributed by atoms with E-state index in [0.29, 0.717) is 6.42 Å². The van der Waals surface area contributed by atoms with Gasteiger partial charge in [0.05, 0.1) is 0 Å². The van der Waals surface area contributed by atoms with Gasteiger partial charge < -0.3 is 10.5 Å². The lowest BCUT2D eigenvalue weighted by atomic mass is 10.1. The highest BCUT2D eigenvalue weighted by molar-refractivity contribution is 5.66. The van der Waals surface area contributed by atoms with Crippen LogP contribution >= 0.6 is 0 Å². The molecule has 0 radical (unpaired) electrons. The largest absolute Gasteiger partial charge is 0.447 e. The van der Waals surface area contributed by atoms with Crippen LogP contribution in [0, 0.1) is 0 Å². The molecule has 5 heteroatoms. The molecule has 0 aliphatic rings. The molecular formula is C11H17N3O2. The second-order valence-electron chi connectivity index (χ2n) is 3.42. The van der Waals surface area contributed by atoms with Crippen LogP contribution in [0.2, 0.25) is 0 Å². The van der Waals surface area contributed by atoms with Gasteiger partial charge >= 0.3 is 6.09 Å². The lowest BCUT2D eigenvalue weighted by Gasteiger charge is -2.12. The average Bonchev–Trinajstić information content (AvgIpc) is 2.28. The van der Waals surface area contributed by atoms with Crippen LogP contribution in [0.15, 0.2) is 30.3 Å². The number of benzene rings is 1. The monoisotopic (exact) mass is 223 g/mol. The van der Waals surface area contributed by atoms with Crippen LogP contribution in [0.1, 0.15) is 5.56 Å². The minimum Gasteiger partial charge on any atom is -0.447 e. The number of nitrogens with one attached hydrogen (secondary N) is 2. The van der Waals surface area contributed by atoms with Gasteiger partial charge in [-0.3, -0.25) is 5.43 Å². The molecule has 16 heavy (non-hydrogen) atoms. The highest BCUT2D eigenvalue weighted by Crippen LogP contribution is 2.01. The van der Waals surface area contributed by atoms with Crippen molar-refractivity contribution in [2.75, 3.05) is 13.7 Å². The summed E-state index contributed by atoms with van der Waals surface area (Å²) in [7, 11) is 1.59. The van der Waals surface area contributed by atoms with E-state index in [1.807, 2.05) is 30.3 Å². The Labute approximate surface area is 94.9 Å². The summed E-state index contributed by atoms with van der Waals surface area (Å²) < 4.78 is 4.88. The molecule has 1 aromatic rings. The van der Waals surface area contributed by atoms with Crippen molar-refractivity contribution in [2.24, 2.45) is 5.73 Å². The van der Waals surface area contributed by atoms with Crippen molar-refractivity contribution >= 4 is 6.09 Å². The standard InChI is InChI=1S/C11H17N3O2/c1-13-14-11(15)16-8-10(12)7-9-5-3-2-4-6-9/h2-6,10,13H,7-8,12H2,1H3,(H,14,15)/t10-/m1/s1. The molecule has 1 rings (SSSR count). The number of hydrogen-bond acceptors (Lipinski definition) is 4. The number of nitrogens with two attached hydrogens (primary N) is 1. The third-order valence-corrected chi connectivity index (χ3v) is 2.00. The van der Waals surface area contributed by atoms with Crippen LogP contribution in [-0.4, -0.2) is 25.8 Å². The average molecular weight is 223 g/mol. The first-order valence-corrected chi connectivity index (χ1v) is 5.11. The summed E-state index contributed by atoms with van der Waals surface area (Å²) in [6, 6.07) is 9.66. The van der Waals surface area contributed by atoms with Crippen molar-refractivity contribution in [1.82, 2.24) is 10.9 Å². The summed E-state index contributed by atoms with van der Waals surface area (Å²) in [6.07, 6.45) is 0.166. The van der Waals surface area contributed by atoms with E-state index in [1.165, 1.54) is 0 Å². The summed E-state index contributed by atoms with van der Waals surface area (Å²) in [5, 5.41) is 0. The second kappa shape index (κ2) is 6.81. The van der Waals surface area contributed by atoms with Gasteiger partial charge in [0, 0.05) is 13.1 Å². The Morgan fingerprint density at radius 3 is 2.75 bits per heavy atom. The molecule has 0 saturated carbocycles. The lowest BCUT2D eigenvalue weighted by molar-refractivity contribution is 0.135. The topological polar surface area (TPSA) is 76.4 Å². The van der Waals surface area contributed by atoms with Gasteiger partial charge in [0.2, 0.25) is 0 Å². The van der Waals surface area contributed by atoms with Crippen molar-refractivity contribution in [1.29, 1.82) is 0 Å². The van der Waals surface area contributed by atoms with Gasteiger partial charge in [-0.25, -0.2) is 10.2 Å². The molecular weight excluding hydrogens is 206 g/mol. The fraction of sp³-hybridized carbons (Fsp3) is 0.364. The first kappa shape index (κ1) is 12.5. The molecule has 88 valence electrons. The number of hydrogen-bond donors (Lipinski definition) is 3. The molecule has 4 N–H and O–H groups in total. The van der Waals surface area contributed by atoms with E-state index in [-0.39, 0.29) is 12.6 Å². The fourth-order valence-corrected chi connectivity index (χ4v) is 1.30. The molecule has 1 amide bonds. The van der Waals surface area contributed by atoms with Gasteiger partial charge in [-0.15, -0.1) is 0 Å². The smallest absolute Gasteiger partial charge is 0.421 e. The van der Waals surface area contributed by atoms with E-state index >= 15 is 0 Å². The van der Waals surface area contributed by atoms with Gasteiger partial charge in [0.15, 0.2) is 0 Å². The first-order chi connectivity index (χ1) is 7.72. The number of ether oxygens (including phenoxy) is 1. The maximum absolute atomic E-state index is 10.9.